The van der Waals surface area contributed by atoms with Crippen molar-refractivity contribution in [1.29, 1.82) is 0 Å². The third-order valence-corrected chi connectivity index (χ3v) is 15.3. The zero-order valence-electron chi connectivity index (χ0n) is 54.2. The lowest BCUT2D eigenvalue weighted by molar-refractivity contribution is -0.167. The van der Waals surface area contributed by atoms with Crippen molar-refractivity contribution >= 4 is 17.9 Å². The molecule has 0 fully saturated rings. The number of unbranched alkanes of at least 4 members (excludes halogenated alkanes) is 37. The summed E-state index contributed by atoms with van der Waals surface area (Å²) < 4.78 is 16.9. The van der Waals surface area contributed by atoms with Crippen molar-refractivity contribution in [2.45, 2.75) is 354 Å². The molecule has 6 heteroatoms. The standard InChI is InChI=1S/C76H132O6/c1-4-7-10-13-16-19-22-25-28-29-30-31-32-33-34-35-36-37-38-39-40-41-42-43-44-45-46-47-49-51-54-57-60-63-66-69-75(78)81-72-73(71-80-74(77)68-65-62-59-56-53-50-27-24-21-18-15-12-9-6-3)82-76(79)70-67-64-61-58-55-52-48-26-23-20-17-14-11-8-5-2/h7,10,15-20,24-28,30-31,48,73H,4-6,8-9,11-14,21-23,29,32-47,49-72H2,1-3H3/b10-7-,18-15-,19-16-,20-17-,27-24-,28-25-,31-30-,48-26-. The topological polar surface area (TPSA) is 78.9 Å². The highest BCUT2D eigenvalue weighted by Gasteiger charge is 2.19. The first-order valence-corrected chi connectivity index (χ1v) is 35.2. The SMILES string of the molecule is CC/C=C\C/C=C\C/C=C\C/C=C\CCCCCCCCCCCCCCCCCCCCCCCCC(=O)OCC(COC(=O)CCCCCCC/C=C\C/C=C\CCCC)OC(=O)CCCCCCC/C=C\C/C=C\CCCCC. The average Bonchev–Trinajstić information content (AvgIpc) is 3.48. The van der Waals surface area contributed by atoms with Gasteiger partial charge in [0.15, 0.2) is 6.10 Å². The van der Waals surface area contributed by atoms with Crippen molar-refractivity contribution in [1.82, 2.24) is 0 Å². The van der Waals surface area contributed by atoms with Gasteiger partial charge in [-0.25, -0.2) is 0 Å². The molecule has 0 aromatic heterocycles. The van der Waals surface area contributed by atoms with Gasteiger partial charge in [0.25, 0.3) is 0 Å². The molecule has 472 valence electrons. The molecular formula is C76H132O6. The molecular weight excluding hydrogens is 1010 g/mol. The van der Waals surface area contributed by atoms with Crippen LogP contribution in [0, 0.1) is 0 Å². The molecule has 0 saturated heterocycles. The van der Waals surface area contributed by atoms with Gasteiger partial charge in [-0.2, -0.15) is 0 Å². The fourth-order valence-corrected chi connectivity index (χ4v) is 10.0. The van der Waals surface area contributed by atoms with E-state index in [9.17, 15) is 14.4 Å². The first-order valence-electron chi connectivity index (χ1n) is 35.2. The zero-order chi connectivity index (χ0) is 59.2. The Bertz CT molecular complexity index is 1590. The van der Waals surface area contributed by atoms with E-state index in [-0.39, 0.29) is 31.1 Å². The third-order valence-electron chi connectivity index (χ3n) is 15.3. The molecule has 0 radical (unpaired) electrons. The number of rotatable bonds is 64. The van der Waals surface area contributed by atoms with Crippen molar-refractivity contribution in [2.75, 3.05) is 13.2 Å². The summed E-state index contributed by atoms with van der Waals surface area (Å²) in [5.41, 5.74) is 0. The lowest BCUT2D eigenvalue weighted by Crippen LogP contribution is -2.30. The van der Waals surface area contributed by atoms with E-state index in [1.54, 1.807) is 0 Å². The maximum atomic E-state index is 12.9. The fourth-order valence-electron chi connectivity index (χ4n) is 10.0. The van der Waals surface area contributed by atoms with E-state index in [1.807, 2.05) is 0 Å². The van der Waals surface area contributed by atoms with Crippen molar-refractivity contribution in [2.24, 2.45) is 0 Å². The summed E-state index contributed by atoms with van der Waals surface area (Å²) in [5.74, 6) is -0.897. The van der Waals surface area contributed by atoms with E-state index in [0.717, 1.165) is 128 Å². The Balaban J connectivity index is 4.12. The molecule has 0 bridgehead atoms. The second-order valence-electron chi connectivity index (χ2n) is 23.4. The summed E-state index contributed by atoms with van der Waals surface area (Å²) >= 11 is 0. The number of hydrogen-bond acceptors (Lipinski definition) is 6. The van der Waals surface area contributed by atoms with Gasteiger partial charge in [0.05, 0.1) is 0 Å². The second kappa shape index (κ2) is 69.8. The minimum Gasteiger partial charge on any atom is -0.462 e. The number of esters is 3. The largest absolute Gasteiger partial charge is 0.462 e. The van der Waals surface area contributed by atoms with Crippen molar-refractivity contribution in [3.05, 3.63) is 97.2 Å². The van der Waals surface area contributed by atoms with Gasteiger partial charge >= 0.3 is 17.9 Å². The third kappa shape index (κ3) is 67.1. The summed E-state index contributed by atoms with van der Waals surface area (Å²) in [6.45, 7) is 6.47. The van der Waals surface area contributed by atoms with Crippen molar-refractivity contribution in [3.63, 3.8) is 0 Å². The fraction of sp³-hybridized carbons (Fsp3) is 0.750. The molecule has 0 heterocycles. The number of ether oxygens (including phenoxy) is 3. The normalized spacial score (nSPS) is 12.7. The molecule has 0 amide bonds. The molecule has 0 rings (SSSR count). The van der Waals surface area contributed by atoms with E-state index in [0.29, 0.717) is 19.3 Å². The van der Waals surface area contributed by atoms with E-state index in [1.165, 1.54) is 180 Å². The Morgan fingerprint density at radius 3 is 0.780 bits per heavy atom. The van der Waals surface area contributed by atoms with Crippen molar-refractivity contribution < 1.29 is 28.6 Å². The lowest BCUT2D eigenvalue weighted by Gasteiger charge is -2.18. The second-order valence-corrected chi connectivity index (χ2v) is 23.4. The van der Waals surface area contributed by atoms with Crippen LogP contribution >= 0.6 is 0 Å². The number of hydrogen-bond donors (Lipinski definition) is 0. The van der Waals surface area contributed by atoms with Crippen molar-refractivity contribution in [3.8, 4) is 0 Å². The van der Waals surface area contributed by atoms with E-state index in [4.69, 9.17) is 14.2 Å². The Morgan fingerprint density at radius 1 is 0.256 bits per heavy atom. The number of allylic oxidation sites excluding steroid dienone is 16. The molecule has 0 spiro atoms. The van der Waals surface area contributed by atoms with Gasteiger partial charge in [0, 0.05) is 19.3 Å². The quantitative estimate of drug-likeness (QED) is 0.0261. The molecule has 0 aliphatic rings. The molecule has 0 aliphatic heterocycles. The lowest BCUT2D eigenvalue weighted by atomic mass is 10.0. The van der Waals surface area contributed by atoms with E-state index in [2.05, 4.69) is 118 Å². The van der Waals surface area contributed by atoms with E-state index >= 15 is 0 Å². The first kappa shape index (κ1) is 78.3. The summed E-state index contributed by atoms with van der Waals surface area (Å²) in [4.78, 5) is 38.3. The minimum absolute atomic E-state index is 0.0839. The molecule has 0 saturated carbocycles. The summed E-state index contributed by atoms with van der Waals surface area (Å²) in [5, 5.41) is 0. The van der Waals surface area contributed by atoms with E-state index < -0.39 is 6.10 Å². The molecule has 0 aromatic rings. The summed E-state index contributed by atoms with van der Waals surface area (Å²) in [6.07, 6.45) is 94.5. The van der Waals surface area contributed by atoms with Gasteiger partial charge in [-0.05, 0) is 116 Å². The highest BCUT2D eigenvalue weighted by molar-refractivity contribution is 5.71. The van der Waals surface area contributed by atoms with Crippen LogP contribution < -0.4 is 0 Å². The Morgan fingerprint density at radius 2 is 0.488 bits per heavy atom. The van der Waals surface area contributed by atoms with Crippen LogP contribution in [-0.4, -0.2) is 37.2 Å². The van der Waals surface area contributed by atoms with Gasteiger partial charge in [0.1, 0.15) is 13.2 Å². The van der Waals surface area contributed by atoms with Crippen LogP contribution in [-0.2, 0) is 28.6 Å². The Labute approximate surface area is 508 Å². The van der Waals surface area contributed by atoms with Crippen LogP contribution in [0.1, 0.15) is 348 Å². The van der Waals surface area contributed by atoms with Gasteiger partial charge in [0.2, 0.25) is 0 Å². The van der Waals surface area contributed by atoms with Gasteiger partial charge < -0.3 is 14.2 Å². The monoisotopic (exact) mass is 1140 g/mol. The van der Waals surface area contributed by atoms with Crippen LogP contribution in [0.15, 0.2) is 97.2 Å². The Hall–Kier alpha value is -3.67. The van der Waals surface area contributed by atoms with Crippen LogP contribution in [0.5, 0.6) is 0 Å². The smallest absolute Gasteiger partial charge is 0.306 e. The van der Waals surface area contributed by atoms with Crippen LogP contribution in [0.3, 0.4) is 0 Å². The first-order chi connectivity index (χ1) is 40.5. The Kier molecular flexibility index (Phi) is 66.7. The van der Waals surface area contributed by atoms with Gasteiger partial charge in [-0.3, -0.25) is 14.4 Å². The molecule has 0 aromatic carbocycles. The molecule has 1 atom stereocenters. The molecule has 0 aliphatic carbocycles. The highest BCUT2D eigenvalue weighted by atomic mass is 16.6. The zero-order valence-corrected chi connectivity index (χ0v) is 54.2. The van der Waals surface area contributed by atoms with Crippen LogP contribution in [0.25, 0.3) is 0 Å². The predicted molar refractivity (Wildman–Crippen MR) is 357 cm³/mol. The highest BCUT2D eigenvalue weighted by Crippen LogP contribution is 2.17. The maximum absolute atomic E-state index is 12.9. The van der Waals surface area contributed by atoms with Gasteiger partial charge in [-0.1, -0.05) is 311 Å². The number of carbonyl (C=O) groups is 3. The predicted octanol–water partition coefficient (Wildman–Crippen LogP) is 24.4. The molecule has 6 nitrogen and oxygen atoms in total. The van der Waals surface area contributed by atoms with Crippen LogP contribution in [0.2, 0.25) is 0 Å². The minimum atomic E-state index is -0.790. The molecule has 1 unspecified atom stereocenters. The summed E-state index contributed by atoms with van der Waals surface area (Å²) in [7, 11) is 0. The average molecular weight is 1140 g/mol. The maximum Gasteiger partial charge on any atom is 0.306 e. The molecule has 0 N–H and O–H groups in total. The van der Waals surface area contributed by atoms with Crippen LogP contribution in [0.4, 0.5) is 0 Å². The summed E-state index contributed by atoms with van der Waals surface area (Å²) in [6, 6.07) is 0. The van der Waals surface area contributed by atoms with Gasteiger partial charge in [-0.15, -0.1) is 0 Å². The number of carbonyl (C=O) groups excluding carboxylic acids is 3. The molecule has 82 heavy (non-hydrogen) atoms.